The molecule has 0 spiro atoms. The molecule has 178 valence electrons. The van der Waals surface area contributed by atoms with Crippen LogP contribution in [0.1, 0.15) is 36.2 Å². The maximum Gasteiger partial charge on any atom is 0.169 e. The van der Waals surface area contributed by atoms with Gasteiger partial charge in [-0.1, -0.05) is 6.07 Å². The third kappa shape index (κ3) is 4.83. The summed E-state index contributed by atoms with van der Waals surface area (Å²) in [4.78, 5) is 15.9. The molecule has 1 aliphatic rings. The maximum absolute atomic E-state index is 9.52. The lowest BCUT2D eigenvalue weighted by atomic mass is 9.94. The summed E-state index contributed by atoms with van der Waals surface area (Å²) in [5, 5.41) is 9.52. The molecule has 7 nitrogen and oxygen atoms in total. The van der Waals surface area contributed by atoms with Gasteiger partial charge in [0.05, 0.1) is 24.1 Å². The molecule has 0 aliphatic carbocycles. The van der Waals surface area contributed by atoms with Gasteiger partial charge in [0.15, 0.2) is 5.69 Å². The molecule has 0 unspecified atom stereocenters. The number of pyridine rings is 2. The van der Waals surface area contributed by atoms with Gasteiger partial charge in [0.1, 0.15) is 23.2 Å². The van der Waals surface area contributed by atoms with Crippen LogP contribution in [0, 0.1) is 31.1 Å². The smallest absolute Gasteiger partial charge is 0.169 e. The lowest BCUT2D eigenvalue weighted by Crippen LogP contribution is -2.34. The molecule has 4 heterocycles. The van der Waals surface area contributed by atoms with Crippen molar-refractivity contribution in [2.24, 2.45) is 13.0 Å². The number of ether oxygens (including phenoxy) is 1. The van der Waals surface area contributed by atoms with E-state index in [0.717, 1.165) is 59.1 Å². The predicted octanol–water partition coefficient (Wildman–Crippen LogP) is 5.20. The monoisotopic (exact) mass is 466 g/mol. The van der Waals surface area contributed by atoms with E-state index in [1.54, 1.807) is 6.33 Å². The molecular formula is C28H30N6O. The first-order chi connectivity index (χ1) is 17.0. The molecule has 0 bridgehead atoms. The van der Waals surface area contributed by atoms with Crippen LogP contribution in [0.15, 0.2) is 48.8 Å². The van der Waals surface area contributed by atoms with Gasteiger partial charge in [0, 0.05) is 31.4 Å². The Kier molecular flexibility index (Phi) is 6.37. The summed E-state index contributed by atoms with van der Waals surface area (Å²) in [7, 11) is 1.92. The van der Waals surface area contributed by atoms with Crippen molar-refractivity contribution in [3.63, 3.8) is 0 Å². The quantitative estimate of drug-likeness (QED) is 0.388. The highest BCUT2D eigenvalue weighted by atomic mass is 16.5. The molecule has 4 aromatic rings. The summed E-state index contributed by atoms with van der Waals surface area (Å²) in [6.45, 7) is 6.91. The van der Waals surface area contributed by atoms with E-state index >= 15 is 0 Å². The van der Waals surface area contributed by atoms with E-state index in [4.69, 9.17) is 4.74 Å². The Morgan fingerprint density at radius 1 is 1.09 bits per heavy atom. The number of hydrogen-bond acceptors (Lipinski definition) is 6. The largest absolute Gasteiger partial charge is 0.493 e. The van der Waals surface area contributed by atoms with Gasteiger partial charge in [-0.2, -0.15) is 5.26 Å². The molecule has 0 atom stereocenters. The lowest BCUT2D eigenvalue weighted by Gasteiger charge is -2.33. The van der Waals surface area contributed by atoms with Crippen LogP contribution in [0.4, 0.5) is 5.82 Å². The maximum atomic E-state index is 9.52. The number of fused-ring (bicyclic) bond motifs is 1. The molecule has 0 amide bonds. The average Bonchev–Trinajstić information content (AvgIpc) is 3.25. The van der Waals surface area contributed by atoms with Crippen molar-refractivity contribution in [1.82, 2.24) is 19.5 Å². The van der Waals surface area contributed by atoms with Gasteiger partial charge in [-0.15, -0.1) is 0 Å². The molecule has 5 rings (SSSR count). The minimum absolute atomic E-state index is 0.348. The van der Waals surface area contributed by atoms with Crippen LogP contribution in [0.3, 0.4) is 0 Å². The Bertz CT molecular complexity index is 1390. The Labute approximate surface area is 206 Å². The van der Waals surface area contributed by atoms with Crippen molar-refractivity contribution in [3.8, 4) is 23.1 Å². The SMILES string of the molecule is Cc1cccc(N2CCC(CCOc3ccc(-c4cc5c(ncn5C)c(C#N)n4)cc3C)CC2)n1. The van der Waals surface area contributed by atoms with E-state index < -0.39 is 0 Å². The van der Waals surface area contributed by atoms with Gasteiger partial charge in [-0.3, -0.25) is 0 Å². The number of aryl methyl sites for hydroxylation is 3. The van der Waals surface area contributed by atoms with Gasteiger partial charge in [-0.25, -0.2) is 15.0 Å². The number of imidazole rings is 1. The van der Waals surface area contributed by atoms with E-state index in [9.17, 15) is 5.26 Å². The zero-order valence-corrected chi connectivity index (χ0v) is 20.5. The van der Waals surface area contributed by atoms with Gasteiger partial charge in [0.2, 0.25) is 0 Å². The van der Waals surface area contributed by atoms with Crippen LogP contribution >= 0.6 is 0 Å². The molecule has 0 saturated carbocycles. The van der Waals surface area contributed by atoms with Crippen molar-refractivity contribution in [2.75, 3.05) is 24.6 Å². The summed E-state index contributed by atoms with van der Waals surface area (Å²) in [5.74, 6) is 2.67. The molecule has 1 aromatic carbocycles. The van der Waals surface area contributed by atoms with E-state index in [2.05, 4.69) is 51.0 Å². The van der Waals surface area contributed by atoms with Gasteiger partial charge < -0.3 is 14.2 Å². The lowest BCUT2D eigenvalue weighted by molar-refractivity contribution is 0.257. The number of nitrogens with zero attached hydrogens (tertiary/aromatic N) is 6. The van der Waals surface area contributed by atoms with Crippen molar-refractivity contribution >= 4 is 16.9 Å². The second-order valence-electron chi connectivity index (χ2n) is 9.38. The number of aromatic nitrogens is 4. The molecule has 0 N–H and O–H groups in total. The predicted molar refractivity (Wildman–Crippen MR) is 137 cm³/mol. The standard InChI is InChI=1S/C28H30N6O/c1-19-15-22(23-16-25-28(24(17-29)32-23)30-18-33(25)3)7-8-26(19)35-14-11-21-9-12-34(13-10-21)27-6-4-5-20(2)31-27/h4-8,15-16,18,21H,9-14H2,1-3H3. The van der Waals surface area contributed by atoms with Gasteiger partial charge in [-0.05, 0) is 81.0 Å². The van der Waals surface area contributed by atoms with Crippen LogP contribution in [0.5, 0.6) is 5.75 Å². The van der Waals surface area contributed by atoms with Crippen molar-refractivity contribution < 1.29 is 4.74 Å². The molecule has 7 heteroatoms. The van der Waals surface area contributed by atoms with E-state index in [0.29, 0.717) is 23.7 Å². The van der Waals surface area contributed by atoms with Crippen molar-refractivity contribution in [3.05, 3.63) is 65.7 Å². The van der Waals surface area contributed by atoms with Gasteiger partial charge in [0.25, 0.3) is 0 Å². The minimum Gasteiger partial charge on any atom is -0.493 e. The Hall–Kier alpha value is -3.92. The fourth-order valence-electron chi connectivity index (χ4n) is 4.82. The number of rotatable bonds is 6. The van der Waals surface area contributed by atoms with E-state index in [1.807, 2.05) is 42.8 Å². The number of piperidine rings is 1. The van der Waals surface area contributed by atoms with E-state index in [1.165, 1.54) is 12.8 Å². The third-order valence-electron chi connectivity index (χ3n) is 6.89. The highest BCUT2D eigenvalue weighted by molar-refractivity contribution is 5.84. The molecule has 35 heavy (non-hydrogen) atoms. The molecule has 0 radical (unpaired) electrons. The third-order valence-corrected chi connectivity index (χ3v) is 6.89. The first-order valence-electron chi connectivity index (χ1n) is 12.2. The highest BCUT2D eigenvalue weighted by Gasteiger charge is 2.20. The van der Waals surface area contributed by atoms with Crippen LogP contribution < -0.4 is 9.64 Å². The zero-order chi connectivity index (χ0) is 24.4. The average molecular weight is 467 g/mol. The van der Waals surface area contributed by atoms with Crippen LogP contribution in [0.2, 0.25) is 0 Å². The molecular weight excluding hydrogens is 436 g/mol. The minimum atomic E-state index is 0.348. The highest BCUT2D eigenvalue weighted by Crippen LogP contribution is 2.29. The Morgan fingerprint density at radius 2 is 1.91 bits per heavy atom. The fraction of sp³-hybridized carbons (Fsp3) is 0.357. The van der Waals surface area contributed by atoms with Crippen LogP contribution in [-0.2, 0) is 7.05 Å². The topological polar surface area (TPSA) is 79.9 Å². The molecule has 1 saturated heterocycles. The van der Waals surface area contributed by atoms with Crippen LogP contribution in [0.25, 0.3) is 22.3 Å². The zero-order valence-electron chi connectivity index (χ0n) is 20.5. The summed E-state index contributed by atoms with van der Waals surface area (Å²) in [6, 6.07) is 16.5. The van der Waals surface area contributed by atoms with Crippen molar-refractivity contribution in [1.29, 1.82) is 5.26 Å². The van der Waals surface area contributed by atoms with Gasteiger partial charge >= 0.3 is 0 Å². The first-order valence-corrected chi connectivity index (χ1v) is 12.2. The molecule has 3 aromatic heterocycles. The second kappa shape index (κ2) is 9.75. The Morgan fingerprint density at radius 3 is 2.66 bits per heavy atom. The summed E-state index contributed by atoms with van der Waals surface area (Å²) in [6.07, 6.45) is 5.10. The summed E-state index contributed by atoms with van der Waals surface area (Å²) in [5.41, 5.74) is 5.74. The van der Waals surface area contributed by atoms with Crippen LogP contribution in [-0.4, -0.2) is 39.2 Å². The van der Waals surface area contributed by atoms with E-state index in [-0.39, 0.29) is 0 Å². The first kappa shape index (κ1) is 22.9. The Balaban J connectivity index is 1.19. The number of benzene rings is 1. The summed E-state index contributed by atoms with van der Waals surface area (Å²) >= 11 is 0. The normalized spacial score (nSPS) is 14.3. The number of anilines is 1. The molecule has 1 fully saturated rings. The van der Waals surface area contributed by atoms with Crippen molar-refractivity contribution in [2.45, 2.75) is 33.1 Å². The number of hydrogen-bond donors (Lipinski definition) is 0. The molecule has 1 aliphatic heterocycles. The summed E-state index contributed by atoms with van der Waals surface area (Å²) < 4.78 is 8.08. The second-order valence-corrected chi connectivity index (χ2v) is 9.38. The fourth-order valence-corrected chi connectivity index (χ4v) is 4.82. The number of nitriles is 1.